The van der Waals surface area contributed by atoms with E-state index in [2.05, 4.69) is 10.4 Å². The summed E-state index contributed by atoms with van der Waals surface area (Å²) in [5.74, 6) is -2.69. The van der Waals surface area contributed by atoms with Crippen molar-refractivity contribution >= 4 is 44.1 Å². The zero-order valence-electron chi connectivity index (χ0n) is 16.3. The van der Waals surface area contributed by atoms with E-state index in [0.29, 0.717) is 15.5 Å². The van der Waals surface area contributed by atoms with Crippen molar-refractivity contribution in [1.29, 1.82) is 0 Å². The second-order valence-corrected chi connectivity index (χ2v) is 9.04. The van der Waals surface area contributed by atoms with Crippen molar-refractivity contribution in [3.05, 3.63) is 88.8 Å². The van der Waals surface area contributed by atoms with Gasteiger partial charge >= 0.3 is 6.18 Å². The zero-order valence-corrected chi connectivity index (χ0v) is 17.8. The maximum Gasteiger partial charge on any atom is 0.417 e. The highest BCUT2D eigenvalue weighted by Crippen LogP contribution is 2.33. The molecule has 0 fully saturated rings. The highest BCUT2D eigenvalue weighted by atomic mass is 35.5. The number of alkyl halides is 3. The molecule has 0 bridgehead atoms. The first-order valence-electron chi connectivity index (χ1n) is 9.14. The van der Waals surface area contributed by atoms with Crippen LogP contribution >= 0.6 is 11.6 Å². The molecule has 1 amide bonds. The third-order valence-electron chi connectivity index (χ3n) is 4.66. The van der Waals surface area contributed by atoms with Crippen LogP contribution in [-0.4, -0.2) is 23.5 Å². The number of amides is 1. The Balaban J connectivity index is 1.75. The average Bonchev–Trinajstić information content (AvgIpc) is 3.17. The number of aromatic nitrogens is 2. The molecule has 3 aromatic carbocycles. The monoisotopic (exact) mass is 497 g/mol. The van der Waals surface area contributed by atoms with E-state index in [4.69, 9.17) is 11.6 Å². The van der Waals surface area contributed by atoms with Gasteiger partial charge in [0.15, 0.2) is 0 Å². The molecule has 0 aliphatic carbocycles. The van der Waals surface area contributed by atoms with Crippen molar-refractivity contribution < 1.29 is 30.8 Å². The van der Waals surface area contributed by atoms with Crippen molar-refractivity contribution in [3.8, 4) is 0 Å². The number of nitrogens with one attached hydrogen (secondary N) is 1. The van der Waals surface area contributed by atoms with Crippen LogP contribution in [0.1, 0.15) is 15.9 Å². The van der Waals surface area contributed by atoms with Gasteiger partial charge in [0.05, 0.1) is 27.7 Å². The molecule has 0 spiro atoms. The predicted octanol–water partition coefficient (Wildman–Crippen LogP) is 5.34. The van der Waals surface area contributed by atoms with Crippen LogP contribution in [0.15, 0.2) is 71.8 Å². The van der Waals surface area contributed by atoms with E-state index in [1.807, 2.05) is 0 Å². The van der Waals surface area contributed by atoms with Gasteiger partial charge in [0, 0.05) is 16.1 Å². The van der Waals surface area contributed by atoms with Crippen LogP contribution in [0.2, 0.25) is 5.02 Å². The molecular formula is C21H12ClF4N3O3S. The quantitative estimate of drug-likeness (QED) is 0.386. The number of carbonyl (C=O) groups excluding carboxylic acids is 1. The summed E-state index contributed by atoms with van der Waals surface area (Å²) >= 11 is 5.88. The summed E-state index contributed by atoms with van der Waals surface area (Å²) in [6.07, 6.45) is -3.69. The Hall–Kier alpha value is -3.44. The van der Waals surface area contributed by atoms with Crippen molar-refractivity contribution in [2.24, 2.45) is 0 Å². The van der Waals surface area contributed by atoms with E-state index in [-0.39, 0.29) is 21.1 Å². The van der Waals surface area contributed by atoms with E-state index >= 15 is 0 Å². The summed E-state index contributed by atoms with van der Waals surface area (Å²) < 4.78 is 80.5. The first kappa shape index (κ1) is 22.7. The summed E-state index contributed by atoms with van der Waals surface area (Å²) in [6.45, 7) is 0. The number of hydrogen-bond donors (Lipinski definition) is 1. The van der Waals surface area contributed by atoms with E-state index in [1.165, 1.54) is 48.7 Å². The smallest absolute Gasteiger partial charge is 0.322 e. The molecule has 1 aromatic heterocycles. The van der Waals surface area contributed by atoms with E-state index in [9.17, 15) is 30.8 Å². The average molecular weight is 498 g/mol. The van der Waals surface area contributed by atoms with Crippen LogP contribution in [0.5, 0.6) is 0 Å². The van der Waals surface area contributed by atoms with Gasteiger partial charge in [-0.3, -0.25) is 4.79 Å². The Morgan fingerprint density at radius 3 is 2.45 bits per heavy atom. The first-order chi connectivity index (χ1) is 15.5. The molecule has 4 rings (SSSR count). The minimum atomic E-state index is -4.96. The van der Waals surface area contributed by atoms with E-state index in [0.717, 1.165) is 12.1 Å². The SMILES string of the molecule is O=C(Nc1ccc2cnn(S(=O)(=O)c3cccc(Cl)c3)c2c1)c1c(F)cccc1C(F)(F)F. The van der Waals surface area contributed by atoms with Gasteiger partial charge in [-0.1, -0.05) is 23.7 Å². The maximum absolute atomic E-state index is 14.1. The van der Waals surface area contributed by atoms with Crippen molar-refractivity contribution in [2.75, 3.05) is 5.32 Å². The summed E-state index contributed by atoms with van der Waals surface area (Å²) in [5.41, 5.74) is -2.64. The summed E-state index contributed by atoms with van der Waals surface area (Å²) in [5, 5.41) is 6.62. The third-order valence-corrected chi connectivity index (χ3v) is 6.49. The van der Waals surface area contributed by atoms with Crippen molar-refractivity contribution in [2.45, 2.75) is 11.1 Å². The molecule has 0 unspecified atom stereocenters. The molecule has 6 nitrogen and oxygen atoms in total. The molecule has 170 valence electrons. The van der Waals surface area contributed by atoms with Gasteiger partial charge in [-0.2, -0.15) is 30.8 Å². The Morgan fingerprint density at radius 2 is 1.76 bits per heavy atom. The van der Waals surface area contributed by atoms with Crippen LogP contribution < -0.4 is 5.32 Å². The van der Waals surface area contributed by atoms with Gasteiger partial charge in [-0.15, -0.1) is 0 Å². The van der Waals surface area contributed by atoms with Crippen LogP contribution in [-0.2, 0) is 16.2 Å². The molecule has 1 N–H and O–H groups in total. The molecule has 0 aliphatic rings. The topological polar surface area (TPSA) is 81.1 Å². The number of fused-ring (bicyclic) bond motifs is 1. The van der Waals surface area contributed by atoms with Gasteiger partial charge in [0.2, 0.25) is 0 Å². The molecule has 1 heterocycles. The Labute approximate surface area is 189 Å². The second-order valence-electron chi connectivity index (χ2n) is 6.84. The minimum Gasteiger partial charge on any atom is -0.322 e. The lowest BCUT2D eigenvalue weighted by Crippen LogP contribution is -2.20. The Kier molecular flexibility index (Phi) is 5.62. The number of hydrogen-bond acceptors (Lipinski definition) is 4. The minimum absolute atomic E-state index is 0.0392. The lowest BCUT2D eigenvalue weighted by molar-refractivity contribution is -0.138. The molecule has 12 heteroatoms. The van der Waals surface area contributed by atoms with Gasteiger partial charge in [0.25, 0.3) is 15.9 Å². The number of carbonyl (C=O) groups is 1. The molecule has 33 heavy (non-hydrogen) atoms. The molecule has 0 radical (unpaired) electrons. The molecule has 0 saturated heterocycles. The number of nitrogens with zero attached hydrogens (tertiary/aromatic N) is 2. The normalized spacial score (nSPS) is 12.2. The van der Waals surface area contributed by atoms with Crippen LogP contribution in [0.4, 0.5) is 23.2 Å². The van der Waals surface area contributed by atoms with Gasteiger partial charge < -0.3 is 5.32 Å². The van der Waals surface area contributed by atoms with E-state index < -0.39 is 39.1 Å². The fraction of sp³-hybridized carbons (Fsp3) is 0.0476. The van der Waals surface area contributed by atoms with Crippen LogP contribution in [0.25, 0.3) is 10.9 Å². The van der Waals surface area contributed by atoms with Gasteiger partial charge in [-0.05, 0) is 48.5 Å². The lowest BCUT2D eigenvalue weighted by atomic mass is 10.1. The largest absolute Gasteiger partial charge is 0.417 e. The fourth-order valence-corrected chi connectivity index (χ4v) is 4.75. The molecule has 0 atom stereocenters. The number of rotatable bonds is 4. The first-order valence-corrected chi connectivity index (χ1v) is 11.0. The number of anilines is 1. The number of benzene rings is 3. The predicted molar refractivity (Wildman–Crippen MR) is 113 cm³/mol. The maximum atomic E-state index is 14.1. The summed E-state index contributed by atoms with van der Waals surface area (Å²) in [6, 6.07) is 11.6. The van der Waals surface area contributed by atoms with Crippen molar-refractivity contribution in [1.82, 2.24) is 9.19 Å². The Morgan fingerprint density at radius 1 is 1.03 bits per heavy atom. The third kappa shape index (κ3) is 4.29. The molecular weight excluding hydrogens is 486 g/mol. The lowest BCUT2D eigenvalue weighted by Gasteiger charge is -2.14. The second kappa shape index (κ2) is 8.16. The molecule has 0 aliphatic heterocycles. The van der Waals surface area contributed by atoms with Crippen LogP contribution in [0, 0.1) is 5.82 Å². The number of halogens is 5. The van der Waals surface area contributed by atoms with Crippen molar-refractivity contribution in [3.63, 3.8) is 0 Å². The fourth-order valence-electron chi connectivity index (χ4n) is 3.18. The van der Waals surface area contributed by atoms with E-state index in [1.54, 1.807) is 0 Å². The molecule has 0 saturated carbocycles. The van der Waals surface area contributed by atoms with Gasteiger partial charge in [-0.25, -0.2) is 4.39 Å². The highest BCUT2D eigenvalue weighted by molar-refractivity contribution is 7.90. The van der Waals surface area contributed by atoms with Crippen LogP contribution in [0.3, 0.4) is 0 Å². The Bertz CT molecular complexity index is 1500. The zero-order chi connectivity index (χ0) is 24.0. The standard InChI is InChI=1S/C21H12ClF4N3O3S/c22-13-3-1-4-15(9-13)33(31,32)29-18-10-14(8-7-12(18)11-27-29)28-20(30)19-16(21(24,25)26)5-2-6-17(19)23/h1-11H,(H,28,30). The molecule has 4 aromatic rings. The summed E-state index contributed by atoms with van der Waals surface area (Å²) in [7, 11) is -4.18. The van der Waals surface area contributed by atoms with Gasteiger partial charge in [0.1, 0.15) is 5.82 Å². The highest BCUT2D eigenvalue weighted by Gasteiger charge is 2.36. The summed E-state index contributed by atoms with van der Waals surface area (Å²) in [4.78, 5) is 12.4.